The SMILES string of the molecule is CC(C)CN1CCNC(=O)c2cccc(c2)Cc2cc(-c3ccncc3)ccc2OCC1. The van der Waals surface area contributed by atoms with Crippen molar-refractivity contribution in [1.29, 1.82) is 0 Å². The van der Waals surface area contributed by atoms with E-state index in [1.165, 1.54) is 0 Å². The van der Waals surface area contributed by atoms with Crippen LogP contribution in [0.5, 0.6) is 5.75 Å². The van der Waals surface area contributed by atoms with Crippen LogP contribution in [0, 0.1) is 5.92 Å². The van der Waals surface area contributed by atoms with Crippen LogP contribution >= 0.6 is 0 Å². The predicted octanol–water partition coefficient (Wildman–Crippen LogP) is 4.42. The van der Waals surface area contributed by atoms with E-state index in [0.29, 0.717) is 31.1 Å². The van der Waals surface area contributed by atoms with E-state index >= 15 is 0 Å². The van der Waals surface area contributed by atoms with Gasteiger partial charge in [0.2, 0.25) is 0 Å². The molecule has 1 N–H and O–H groups in total. The second-order valence-electron chi connectivity index (χ2n) is 8.73. The summed E-state index contributed by atoms with van der Waals surface area (Å²) in [5, 5.41) is 3.07. The Balaban J connectivity index is 1.67. The molecule has 5 heteroatoms. The van der Waals surface area contributed by atoms with Crippen molar-refractivity contribution in [2.24, 2.45) is 5.92 Å². The van der Waals surface area contributed by atoms with Gasteiger partial charge < -0.3 is 10.1 Å². The smallest absolute Gasteiger partial charge is 0.251 e. The fourth-order valence-corrected chi connectivity index (χ4v) is 4.15. The summed E-state index contributed by atoms with van der Waals surface area (Å²) in [5.74, 6) is 1.44. The molecular formula is C27H31N3O2. The Kier molecular flexibility index (Phi) is 7.17. The van der Waals surface area contributed by atoms with Crippen molar-refractivity contribution in [2.45, 2.75) is 20.3 Å². The van der Waals surface area contributed by atoms with Gasteiger partial charge in [-0.15, -0.1) is 0 Å². The number of carbonyl (C=O) groups excluding carboxylic acids is 1. The average molecular weight is 430 g/mol. The molecule has 0 saturated carbocycles. The first-order valence-electron chi connectivity index (χ1n) is 11.3. The van der Waals surface area contributed by atoms with Crippen LogP contribution in [0.15, 0.2) is 67.0 Å². The van der Waals surface area contributed by atoms with Gasteiger partial charge in [-0.3, -0.25) is 14.7 Å². The van der Waals surface area contributed by atoms with Crippen molar-refractivity contribution in [2.75, 3.05) is 32.8 Å². The third kappa shape index (κ3) is 5.74. The molecular weight excluding hydrogens is 398 g/mol. The molecule has 1 amide bonds. The zero-order chi connectivity index (χ0) is 22.3. The van der Waals surface area contributed by atoms with Crippen LogP contribution in [-0.4, -0.2) is 48.6 Å². The lowest BCUT2D eigenvalue weighted by atomic mass is 9.97. The number of carbonyl (C=O) groups is 1. The summed E-state index contributed by atoms with van der Waals surface area (Å²) in [5.41, 5.74) is 5.16. The standard InChI is InChI=1S/C27H31N3O2/c1-20(2)19-30-13-12-29-27(31)24-5-3-4-21(16-24)17-25-18-23(22-8-10-28-11-9-22)6-7-26(25)32-15-14-30/h3-11,16,18,20H,12-15,17,19H2,1-2H3,(H,29,31). The van der Waals surface area contributed by atoms with E-state index < -0.39 is 0 Å². The molecule has 5 nitrogen and oxygen atoms in total. The van der Waals surface area contributed by atoms with E-state index in [0.717, 1.165) is 47.6 Å². The first kappa shape index (κ1) is 22.0. The van der Waals surface area contributed by atoms with Crippen LogP contribution in [0.4, 0.5) is 0 Å². The molecule has 0 saturated heterocycles. The summed E-state index contributed by atoms with van der Waals surface area (Å²) in [6.07, 6.45) is 4.32. The normalized spacial score (nSPS) is 15.4. The van der Waals surface area contributed by atoms with Gasteiger partial charge in [0.05, 0.1) is 0 Å². The highest BCUT2D eigenvalue weighted by atomic mass is 16.5. The average Bonchev–Trinajstić information content (AvgIpc) is 2.79. The number of nitrogens with zero attached hydrogens (tertiary/aromatic N) is 2. The largest absolute Gasteiger partial charge is 0.492 e. The van der Waals surface area contributed by atoms with Crippen LogP contribution in [0.2, 0.25) is 0 Å². The van der Waals surface area contributed by atoms with Gasteiger partial charge in [0, 0.05) is 50.6 Å². The van der Waals surface area contributed by atoms with E-state index in [1.54, 1.807) is 0 Å². The zero-order valence-corrected chi connectivity index (χ0v) is 18.9. The Labute approximate surface area is 190 Å². The molecule has 1 aliphatic heterocycles. The maximum Gasteiger partial charge on any atom is 0.251 e. The molecule has 0 atom stereocenters. The number of pyridine rings is 1. The zero-order valence-electron chi connectivity index (χ0n) is 18.9. The lowest BCUT2D eigenvalue weighted by molar-refractivity contribution is 0.0945. The van der Waals surface area contributed by atoms with Gasteiger partial charge in [-0.2, -0.15) is 0 Å². The number of nitrogens with one attached hydrogen (secondary N) is 1. The molecule has 0 unspecified atom stereocenters. The topological polar surface area (TPSA) is 54.5 Å². The Bertz CT molecular complexity index is 1050. The maximum absolute atomic E-state index is 12.7. The Morgan fingerprint density at radius 3 is 2.66 bits per heavy atom. The van der Waals surface area contributed by atoms with Crippen molar-refractivity contribution in [3.8, 4) is 16.9 Å². The molecule has 1 aromatic heterocycles. The number of benzene rings is 2. The van der Waals surface area contributed by atoms with Gasteiger partial charge in [-0.25, -0.2) is 0 Å². The van der Waals surface area contributed by atoms with Crippen molar-refractivity contribution in [3.63, 3.8) is 0 Å². The highest BCUT2D eigenvalue weighted by Crippen LogP contribution is 2.29. The van der Waals surface area contributed by atoms with Crippen LogP contribution in [-0.2, 0) is 6.42 Å². The van der Waals surface area contributed by atoms with Gasteiger partial charge in [0.25, 0.3) is 5.91 Å². The molecule has 4 rings (SSSR count). The van der Waals surface area contributed by atoms with E-state index in [2.05, 4.69) is 53.3 Å². The first-order chi connectivity index (χ1) is 15.6. The molecule has 0 spiro atoms. The molecule has 2 aromatic carbocycles. The molecule has 32 heavy (non-hydrogen) atoms. The lowest BCUT2D eigenvalue weighted by Gasteiger charge is -2.25. The van der Waals surface area contributed by atoms with Gasteiger partial charge in [0.15, 0.2) is 0 Å². The predicted molar refractivity (Wildman–Crippen MR) is 128 cm³/mol. The van der Waals surface area contributed by atoms with E-state index in [4.69, 9.17) is 4.74 Å². The quantitative estimate of drug-likeness (QED) is 0.670. The van der Waals surface area contributed by atoms with Crippen molar-refractivity contribution in [3.05, 3.63) is 83.7 Å². The number of hydrogen-bond acceptors (Lipinski definition) is 4. The molecule has 0 radical (unpaired) electrons. The van der Waals surface area contributed by atoms with Gasteiger partial charge >= 0.3 is 0 Å². The number of aromatic nitrogens is 1. The molecule has 0 aliphatic carbocycles. The summed E-state index contributed by atoms with van der Waals surface area (Å²) in [6, 6.07) is 18.3. The number of rotatable bonds is 3. The minimum Gasteiger partial charge on any atom is -0.492 e. The van der Waals surface area contributed by atoms with Gasteiger partial charge in [0.1, 0.15) is 12.4 Å². The number of ether oxygens (including phenoxy) is 1. The molecule has 2 heterocycles. The van der Waals surface area contributed by atoms with E-state index in [-0.39, 0.29) is 5.91 Å². The second-order valence-corrected chi connectivity index (χ2v) is 8.73. The highest BCUT2D eigenvalue weighted by molar-refractivity contribution is 5.94. The Morgan fingerprint density at radius 1 is 1.00 bits per heavy atom. The van der Waals surface area contributed by atoms with Gasteiger partial charge in [-0.05, 0) is 64.6 Å². The maximum atomic E-state index is 12.7. The Hall–Kier alpha value is -3.18. The summed E-state index contributed by atoms with van der Waals surface area (Å²) in [4.78, 5) is 19.2. The van der Waals surface area contributed by atoms with E-state index in [9.17, 15) is 4.79 Å². The first-order valence-corrected chi connectivity index (χ1v) is 11.3. The summed E-state index contributed by atoms with van der Waals surface area (Å²) in [6.45, 7) is 8.27. The van der Waals surface area contributed by atoms with Crippen LogP contribution in [0.25, 0.3) is 11.1 Å². The molecule has 2 bridgehead atoms. The summed E-state index contributed by atoms with van der Waals surface area (Å²) >= 11 is 0. The summed E-state index contributed by atoms with van der Waals surface area (Å²) < 4.78 is 6.29. The lowest BCUT2D eigenvalue weighted by Crippen LogP contribution is -2.39. The van der Waals surface area contributed by atoms with E-state index in [1.807, 2.05) is 42.7 Å². The van der Waals surface area contributed by atoms with Crippen molar-refractivity contribution in [1.82, 2.24) is 15.2 Å². The summed E-state index contributed by atoms with van der Waals surface area (Å²) in [7, 11) is 0. The third-order valence-corrected chi connectivity index (χ3v) is 5.66. The molecule has 0 fully saturated rings. The van der Waals surface area contributed by atoms with Crippen molar-refractivity contribution >= 4 is 5.91 Å². The van der Waals surface area contributed by atoms with Crippen LogP contribution in [0.3, 0.4) is 0 Å². The number of fused-ring (bicyclic) bond motifs is 3. The monoisotopic (exact) mass is 429 g/mol. The molecule has 166 valence electrons. The fourth-order valence-electron chi connectivity index (χ4n) is 4.15. The number of hydrogen-bond donors (Lipinski definition) is 1. The fraction of sp³-hybridized carbons (Fsp3) is 0.333. The third-order valence-electron chi connectivity index (χ3n) is 5.66. The highest BCUT2D eigenvalue weighted by Gasteiger charge is 2.14. The molecule has 3 aromatic rings. The van der Waals surface area contributed by atoms with Crippen molar-refractivity contribution < 1.29 is 9.53 Å². The number of amides is 1. The Morgan fingerprint density at radius 2 is 1.84 bits per heavy atom. The van der Waals surface area contributed by atoms with Gasteiger partial charge in [-0.1, -0.05) is 32.0 Å². The van der Waals surface area contributed by atoms with Crippen LogP contribution < -0.4 is 10.1 Å². The second kappa shape index (κ2) is 10.4. The minimum absolute atomic E-state index is 0.0181. The minimum atomic E-state index is -0.0181. The molecule has 1 aliphatic rings. The van der Waals surface area contributed by atoms with Crippen LogP contribution in [0.1, 0.15) is 35.3 Å².